The third kappa shape index (κ3) is 5.40. The molecule has 0 saturated carbocycles. The predicted molar refractivity (Wildman–Crippen MR) is 96.8 cm³/mol. The van der Waals surface area contributed by atoms with E-state index in [1.165, 1.54) is 5.56 Å². The number of hydrogen-bond donors (Lipinski definition) is 1. The molecule has 0 radical (unpaired) electrons. The Morgan fingerprint density at radius 2 is 1.90 bits per heavy atom. The molecule has 0 amide bonds. The van der Waals surface area contributed by atoms with Gasteiger partial charge in [-0.2, -0.15) is 0 Å². The van der Waals surface area contributed by atoms with Crippen LogP contribution in [0.3, 0.4) is 0 Å². The highest BCUT2D eigenvalue weighted by Crippen LogP contribution is 2.36. The molecular weight excluding hydrogens is 412 g/mol. The van der Waals surface area contributed by atoms with Crippen molar-refractivity contribution < 1.29 is 0 Å². The number of hydrogen-bond acceptors (Lipinski definition) is 3. The first-order chi connectivity index (χ1) is 9.85. The van der Waals surface area contributed by atoms with Crippen molar-refractivity contribution in [1.29, 1.82) is 0 Å². The van der Waals surface area contributed by atoms with E-state index in [4.69, 9.17) is 0 Å². The van der Waals surface area contributed by atoms with E-state index in [1.54, 1.807) is 11.8 Å². The number of benzene rings is 1. The van der Waals surface area contributed by atoms with Crippen LogP contribution in [0.2, 0.25) is 0 Å². The SMILES string of the molecule is CC(C)(C)NCc1ccc(Sc2ncccc2Br)c(Br)c1. The minimum atomic E-state index is 0.124. The summed E-state index contributed by atoms with van der Waals surface area (Å²) in [6.45, 7) is 7.38. The van der Waals surface area contributed by atoms with Crippen molar-refractivity contribution in [3.8, 4) is 0 Å². The largest absolute Gasteiger partial charge is 0.308 e. The van der Waals surface area contributed by atoms with Crippen molar-refractivity contribution in [2.75, 3.05) is 0 Å². The Morgan fingerprint density at radius 1 is 1.14 bits per heavy atom. The molecule has 0 aliphatic rings. The molecule has 1 N–H and O–H groups in total. The summed E-state index contributed by atoms with van der Waals surface area (Å²) in [6.07, 6.45) is 1.81. The highest BCUT2D eigenvalue weighted by atomic mass is 79.9. The standard InChI is InChI=1S/C16H18Br2N2S/c1-16(2,3)20-10-11-6-7-14(13(18)9-11)21-15-12(17)5-4-8-19-15/h4-9,20H,10H2,1-3H3. The Hall–Kier alpha value is -0.360. The summed E-state index contributed by atoms with van der Waals surface area (Å²) in [5.41, 5.74) is 1.39. The molecule has 0 aliphatic carbocycles. The van der Waals surface area contributed by atoms with Crippen LogP contribution in [0.4, 0.5) is 0 Å². The van der Waals surface area contributed by atoms with Gasteiger partial charge in [-0.15, -0.1) is 0 Å². The van der Waals surface area contributed by atoms with E-state index in [0.29, 0.717) is 0 Å². The molecular formula is C16H18Br2N2S. The Balaban J connectivity index is 2.11. The van der Waals surface area contributed by atoms with Gasteiger partial charge in [-0.1, -0.05) is 17.8 Å². The lowest BCUT2D eigenvalue weighted by atomic mass is 10.1. The molecule has 0 bridgehead atoms. The fourth-order valence-corrected chi connectivity index (χ4v) is 3.60. The lowest BCUT2D eigenvalue weighted by Crippen LogP contribution is -2.35. The first kappa shape index (κ1) is 17.0. The molecule has 1 heterocycles. The molecule has 0 aliphatic heterocycles. The maximum Gasteiger partial charge on any atom is 0.115 e. The van der Waals surface area contributed by atoms with Gasteiger partial charge < -0.3 is 5.32 Å². The van der Waals surface area contributed by atoms with E-state index in [0.717, 1.165) is 25.4 Å². The first-order valence-electron chi connectivity index (χ1n) is 6.67. The van der Waals surface area contributed by atoms with Crippen LogP contribution in [0.15, 0.2) is 55.4 Å². The maximum absolute atomic E-state index is 4.39. The monoisotopic (exact) mass is 428 g/mol. The van der Waals surface area contributed by atoms with E-state index < -0.39 is 0 Å². The van der Waals surface area contributed by atoms with Crippen LogP contribution in [0, 0.1) is 0 Å². The average molecular weight is 430 g/mol. The van der Waals surface area contributed by atoms with Crippen molar-refractivity contribution in [1.82, 2.24) is 10.3 Å². The van der Waals surface area contributed by atoms with Gasteiger partial charge in [0.2, 0.25) is 0 Å². The van der Waals surface area contributed by atoms with Crippen LogP contribution in [0.25, 0.3) is 0 Å². The quantitative estimate of drug-likeness (QED) is 0.679. The van der Waals surface area contributed by atoms with Gasteiger partial charge >= 0.3 is 0 Å². The third-order valence-electron chi connectivity index (χ3n) is 2.75. The molecule has 0 atom stereocenters. The summed E-state index contributed by atoms with van der Waals surface area (Å²) in [6, 6.07) is 10.4. The highest BCUT2D eigenvalue weighted by Gasteiger charge is 2.10. The lowest BCUT2D eigenvalue weighted by molar-refractivity contribution is 0.424. The van der Waals surface area contributed by atoms with Crippen LogP contribution < -0.4 is 5.32 Å². The van der Waals surface area contributed by atoms with Crippen molar-refractivity contribution >= 4 is 43.6 Å². The van der Waals surface area contributed by atoms with Crippen molar-refractivity contribution in [3.05, 3.63) is 51.0 Å². The van der Waals surface area contributed by atoms with Crippen LogP contribution in [0.5, 0.6) is 0 Å². The summed E-state index contributed by atoms with van der Waals surface area (Å²) >= 11 is 8.84. The van der Waals surface area contributed by atoms with Gasteiger partial charge in [0.15, 0.2) is 0 Å². The molecule has 21 heavy (non-hydrogen) atoms. The number of rotatable bonds is 4. The number of aromatic nitrogens is 1. The van der Waals surface area contributed by atoms with Gasteiger partial charge in [0.1, 0.15) is 5.03 Å². The molecule has 1 aromatic heterocycles. The Bertz CT molecular complexity index is 624. The molecule has 0 fully saturated rings. The van der Waals surface area contributed by atoms with Crippen LogP contribution in [-0.4, -0.2) is 10.5 Å². The van der Waals surface area contributed by atoms with Gasteiger partial charge in [-0.3, -0.25) is 0 Å². The third-order valence-corrected chi connectivity index (χ3v) is 5.67. The molecule has 0 unspecified atom stereocenters. The van der Waals surface area contributed by atoms with Crippen molar-refractivity contribution in [2.45, 2.75) is 42.8 Å². The Morgan fingerprint density at radius 3 is 2.52 bits per heavy atom. The number of halogens is 2. The van der Waals surface area contributed by atoms with Crippen molar-refractivity contribution in [2.24, 2.45) is 0 Å². The Labute approximate surface area is 147 Å². The summed E-state index contributed by atoms with van der Waals surface area (Å²) in [5, 5.41) is 4.47. The smallest absolute Gasteiger partial charge is 0.115 e. The molecule has 2 nitrogen and oxygen atoms in total. The predicted octanol–water partition coefficient (Wildman–Crippen LogP) is 5.65. The van der Waals surface area contributed by atoms with Gasteiger partial charge in [-0.25, -0.2) is 4.98 Å². The second-order valence-corrected chi connectivity index (χ2v) is 8.50. The van der Waals surface area contributed by atoms with E-state index in [-0.39, 0.29) is 5.54 Å². The minimum Gasteiger partial charge on any atom is -0.308 e. The Kier molecular flexibility index (Phi) is 5.88. The van der Waals surface area contributed by atoms with E-state index in [2.05, 4.69) is 81.1 Å². The fraction of sp³-hybridized carbons (Fsp3) is 0.312. The summed E-state index contributed by atoms with van der Waals surface area (Å²) in [4.78, 5) is 5.55. The van der Waals surface area contributed by atoms with E-state index in [1.807, 2.05) is 18.3 Å². The molecule has 112 valence electrons. The zero-order valence-corrected chi connectivity index (χ0v) is 16.3. The summed E-state index contributed by atoms with van der Waals surface area (Å²) < 4.78 is 2.11. The second kappa shape index (κ2) is 7.27. The number of pyridine rings is 1. The van der Waals surface area contributed by atoms with E-state index >= 15 is 0 Å². The zero-order valence-electron chi connectivity index (χ0n) is 12.3. The van der Waals surface area contributed by atoms with Crippen molar-refractivity contribution in [3.63, 3.8) is 0 Å². The maximum atomic E-state index is 4.39. The molecule has 5 heteroatoms. The van der Waals surface area contributed by atoms with Crippen LogP contribution in [-0.2, 0) is 6.54 Å². The van der Waals surface area contributed by atoms with Gasteiger partial charge in [0, 0.05) is 27.6 Å². The first-order valence-corrected chi connectivity index (χ1v) is 9.07. The fourth-order valence-electron chi connectivity index (χ4n) is 1.65. The molecule has 2 aromatic rings. The molecule has 2 rings (SSSR count). The van der Waals surface area contributed by atoms with Crippen LogP contribution >= 0.6 is 43.6 Å². The number of nitrogens with zero attached hydrogens (tertiary/aromatic N) is 1. The summed E-state index contributed by atoms with van der Waals surface area (Å²) in [7, 11) is 0. The summed E-state index contributed by atoms with van der Waals surface area (Å²) in [5.74, 6) is 0. The lowest BCUT2D eigenvalue weighted by Gasteiger charge is -2.20. The van der Waals surface area contributed by atoms with Gasteiger partial charge in [0.05, 0.1) is 4.47 Å². The normalized spacial score (nSPS) is 11.7. The topological polar surface area (TPSA) is 24.9 Å². The highest BCUT2D eigenvalue weighted by molar-refractivity contribution is 9.11. The second-order valence-electron chi connectivity index (χ2n) is 5.76. The average Bonchev–Trinajstić information content (AvgIpc) is 2.41. The van der Waals surface area contributed by atoms with Gasteiger partial charge in [-0.05, 0) is 82.5 Å². The molecule has 1 aromatic carbocycles. The van der Waals surface area contributed by atoms with Crippen LogP contribution in [0.1, 0.15) is 26.3 Å². The minimum absolute atomic E-state index is 0.124. The molecule has 0 saturated heterocycles. The van der Waals surface area contributed by atoms with E-state index in [9.17, 15) is 0 Å². The molecule has 0 spiro atoms. The van der Waals surface area contributed by atoms with Gasteiger partial charge in [0.25, 0.3) is 0 Å². The number of nitrogens with one attached hydrogen (secondary N) is 1. The zero-order chi connectivity index (χ0) is 15.5.